The summed E-state index contributed by atoms with van der Waals surface area (Å²) in [6.07, 6.45) is 0.805. The molecular formula is C13H16BrClFNO. The van der Waals surface area contributed by atoms with Gasteiger partial charge in [0.15, 0.2) is 0 Å². The van der Waals surface area contributed by atoms with Crippen LogP contribution in [0.2, 0.25) is 0 Å². The Morgan fingerprint density at radius 1 is 1.50 bits per heavy atom. The van der Waals surface area contributed by atoms with E-state index < -0.39 is 5.82 Å². The molecule has 100 valence electrons. The number of carbonyl (C=O) groups excluding carboxylic acids is 1. The van der Waals surface area contributed by atoms with Crippen molar-refractivity contribution in [2.45, 2.75) is 20.3 Å². The third-order valence-corrected chi connectivity index (χ3v) is 3.69. The molecule has 0 saturated heterocycles. The van der Waals surface area contributed by atoms with Gasteiger partial charge in [0, 0.05) is 12.4 Å². The van der Waals surface area contributed by atoms with Gasteiger partial charge in [0.25, 0.3) is 5.91 Å². The molecule has 0 spiro atoms. The Kier molecular flexibility index (Phi) is 5.60. The monoisotopic (exact) mass is 335 g/mol. The van der Waals surface area contributed by atoms with E-state index in [1.54, 1.807) is 6.07 Å². The highest BCUT2D eigenvalue weighted by molar-refractivity contribution is 9.10. The zero-order valence-corrected chi connectivity index (χ0v) is 12.7. The summed E-state index contributed by atoms with van der Waals surface area (Å²) < 4.78 is 13.5. The van der Waals surface area contributed by atoms with Crippen molar-refractivity contribution >= 4 is 33.4 Å². The van der Waals surface area contributed by atoms with Crippen LogP contribution >= 0.6 is 27.5 Å². The van der Waals surface area contributed by atoms with Gasteiger partial charge in [0.2, 0.25) is 0 Å². The second kappa shape index (κ2) is 6.53. The number of benzene rings is 1. The number of halogens is 3. The van der Waals surface area contributed by atoms with Crippen LogP contribution in [0.5, 0.6) is 0 Å². The summed E-state index contributed by atoms with van der Waals surface area (Å²) in [7, 11) is 0. The van der Waals surface area contributed by atoms with Crippen LogP contribution in [-0.2, 0) is 0 Å². The SMILES string of the molecule is CC(C)(CCCl)CNC(=O)c1cccc(F)c1Br. The average molecular weight is 337 g/mol. The molecule has 1 aromatic carbocycles. The van der Waals surface area contributed by atoms with Crippen molar-refractivity contribution < 1.29 is 9.18 Å². The third kappa shape index (κ3) is 4.25. The van der Waals surface area contributed by atoms with Gasteiger partial charge in [0.05, 0.1) is 10.0 Å². The number of nitrogens with one attached hydrogen (secondary N) is 1. The van der Waals surface area contributed by atoms with Crippen LogP contribution in [0.15, 0.2) is 22.7 Å². The van der Waals surface area contributed by atoms with Crippen LogP contribution in [0, 0.1) is 11.2 Å². The molecule has 1 rings (SSSR count). The quantitative estimate of drug-likeness (QED) is 0.810. The van der Waals surface area contributed by atoms with E-state index in [4.69, 9.17) is 11.6 Å². The van der Waals surface area contributed by atoms with Crippen LogP contribution in [-0.4, -0.2) is 18.3 Å². The molecule has 0 aliphatic heterocycles. The molecule has 0 saturated carbocycles. The molecule has 0 radical (unpaired) electrons. The fraction of sp³-hybridized carbons (Fsp3) is 0.462. The number of hydrogen-bond donors (Lipinski definition) is 1. The number of amides is 1. The Bertz CT molecular complexity index is 437. The molecule has 0 fully saturated rings. The number of rotatable bonds is 5. The Labute approximate surface area is 120 Å². The molecule has 0 heterocycles. The summed E-state index contributed by atoms with van der Waals surface area (Å²) in [5.74, 6) is -0.182. The molecule has 0 atom stereocenters. The minimum atomic E-state index is -0.442. The molecule has 5 heteroatoms. The lowest BCUT2D eigenvalue weighted by Crippen LogP contribution is -2.34. The summed E-state index contributed by atoms with van der Waals surface area (Å²) in [5.41, 5.74) is 0.230. The van der Waals surface area contributed by atoms with E-state index in [9.17, 15) is 9.18 Å². The molecule has 1 amide bonds. The first-order valence-electron chi connectivity index (χ1n) is 5.65. The van der Waals surface area contributed by atoms with Gasteiger partial charge in [-0.3, -0.25) is 4.79 Å². The maximum atomic E-state index is 13.3. The van der Waals surface area contributed by atoms with Gasteiger partial charge in [-0.05, 0) is 39.9 Å². The van der Waals surface area contributed by atoms with Crippen LogP contribution in [0.3, 0.4) is 0 Å². The fourth-order valence-corrected chi connectivity index (χ4v) is 2.39. The highest BCUT2D eigenvalue weighted by Gasteiger charge is 2.20. The van der Waals surface area contributed by atoms with Crippen LogP contribution in [0.4, 0.5) is 4.39 Å². The van der Waals surface area contributed by atoms with Gasteiger partial charge in [-0.25, -0.2) is 4.39 Å². The molecule has 2 nitrogen and oxygen atoms in total. The number of carbonyl (C=O) groups is 1. The molecule has 1 aromatic rings. The van der Waals surface area contributed by atoms with E-state index in [0.717, 1.165) is 6.42 Å². The van der Waals surface area contributed by atoms with E-state index in [1.807, 2.05) is 13.8 Å². The lowest BCUT2D eigenvalue weighted by Gasteiger charge is -2.23. The van der Waals surface area contributed by atoms with E-state index in [0.29, 0.717) is 18.0 Å². The van der Waals surface area contributed by atoms with Crippen LogP contribution in [0.25, 0.3) is 0 Å². The summed E-state index contributed by atoms with van der Waals surface area (Å²) in [4.78, 5) is 11.9. The van der Waals surface area contributed by atoms with E-state index in [-0.39, 0.29) is 15.8 Å². The van der Waals surface area contributed by atoms with Crippen molar-refractivity contribution in [3.63, 3.8) is 0 Å². The topological polar surface area (TPSA) is 29.1 Å². The highest BCUT2D eigenvalue weighted by atomic mass is 79.9. The predicted octanol–water partition coefficient (Wildman–Crippen LogP) is 3.97. The van der Waals surface area contributed by atoms with Gasteiger partial charge in [-0.2, -0.15) is 0 Å². The van der Waals surface area contributed by atoms with Gasteiger partial charge in [0.1, 0.15) is 5.82 Å². The Morgan fingerprint density at radius 3 is 2.78 bits per heavy atom. The standard InChI is InChI=1S/C13H16BrClFNO/c1-13(2,6-7-15)8-17-12(18)9-4-3-5-10(16)11(9)14/h3-5H,6-8H2,1-2H3,(H,17,18). The number of alkyl halides is 1. The third-order valence-electron chi connectivity index (χ3n) is 2.69. The molecule has 0 aromatic heterocycles. The van der Waals surface area contributed by atoms with Gasteiger partial charge >= 0.3 is 0 Å². The van der Waals surface area contributed by atoms with Crippen molar-refractivity contribution in [1.29, 1.82) is 0 Å². The highest BCUT2D eigenvalue weighted by Crippen LogP contribution is 2.22. The molecular weight excluding hydrogens is 321 g/mol. The molecule has 0 bridgehead atoms. The average Bonchev–Trinajstić information content (AvgIpc) is 2.30. The van der Waals surface area contributed by atoms with Crippen LogP contribution < -0.4 is 5.32 Å². The van der Waals surface area contributed by atoms with Crippen molar-refractivity contribution in [3.05, 3.63) is 34.1 Å². The van der Waals surface area contributed by atoms with Crippen molar-refractivity contribution in [2.75, 3.05) is 12.4 Å². The van der Waals surface area contributed by atoms with E-state index in [2.05, 4.69) is 21.2 Å². The molecule has 0 unspecified atom stereocenters. The van der Waals surface area contributed by atoms with Crippen molar-refractivity contribution in [1.82, 2.24) is 5.32 Å². The molecule has 0 aliphatic rings. The first-order valence-corrected chi connectivity index (χ1v) is 6.98. The summed E-state index contributed by atoms with van der Waals surface area (Å²) in [6, 6.07) is 4.40. The first kappa shape index (κ1) is 15.4. The lowest BCUT2D eigenvalue weighted by atomic mass is 9.90. The van der Waals surface area contributed by atoms with E-state index in [1.165, 1.54) is 12.1 Å². The van der Waals surface area contributed by atoms with Gasteiger partial charge in [-0.1, -0.05) is 19.9 Å². The minimum Gasteiger partial charge on any atom is -0.351 e. The maximum absolute atomic E-state index is 13.3. The second-order valence-electron chi connectivity index (χ2n) is 4.89. The van der Waals surface area contributed by atoms with Crippen molar-refractivity contribution in [2.24, 2.45) is 5.41 Å². The van der Waals surface area contributed by atoms with Crippen molar-refractivity contribution in [3.8, 4) is 0 Å². The maximum Gasteiger partial charge on any atom is 0.252 e. The Hall–Kier alpha value is -0.610. The van der Waals surface area contributed by atoms with Crippen LogP contribution in [0.1, 0.15) is 30.6 Å². The first-order chi connectivity index (χ1) is 8.37. The van der Waals surface area contributed by atoms with Gasteiger partial charge in [-0.15, -0.1) is 11.6 Å². The smallest absolute Gasteiger partial charge is 0.252 e. The summed E-state index contributed by atoms with van der Waals surface area (Å²) in [5, 5.41) is 2.80. The molecule has 1 N–H and O–H groups in total. The molecule has 0 aliphatic carbocycles. The van der Waals surface area contributed by atoms with E-state index >= 15 is 0 Å². The Morgan fingerprint density at radius 2 is 2.17 bits per heavy atom. The Balaban J connectivity index is 2.69. The lowest BCUT2D eigenvalue weighted by molar-refractivity contribution is 0.0934. The zero-order chi connectivity index (χ0) is 13.8. The largest absolute Gasteiger partial charge is 0.351 e. The second-order valence-corrected chi connectivity index (χ2v) is 6.06. The molecule has 18 heavy (non-hydrogen) atoms. The number of hydrogen-bond acceptors (Lipinski definition) is 1. The summed E-state index contributed by atoms with van der Waals surface area (Å²) >= 11 is 8.77. The summed E-state index contributed by atoms with van der Waals surface area (Å²) in [6.45, 7) is 4.55. The fourth-order valence-electron chi connectivity index (χ4n) is 1.44. The predicted molar refractivity (Wildman–Crippen MR) is 75.6 cm³/mol. The minimum absolute atomic E-state index is 0.0722. The van der Waals surface area contributed by atoms with Gasteiger partial charge < -0.3 is 5.32 Å². The normalized spacial score (nSPS) is 11.4. The zero-order valence-electron chi connectivity index (χ0n) is 10.4.